The largest absolute Gasteiger partial charge is 0.326 e. The van der Waals surface area contributed by atoms with Crippen molar-refractivity contribution in [3.8, 4) is 0 Å². The van der Waals surface area contributed by atoms with Gasteiger partial charge in [0.25, 0.3) is 10.0 Å². The van der Waals surface area contributed by atoms with Gasteiger partial charge < -0.3 is 5.32 Å². The van der Waals surface area contributed by atoms with Crippen molar-refractivity contribution in [3.63, 3.8) is 0 Å². The Morgan fingerprint density at radius 1 is 1.07 bits per heavy atom. The van der Waals surface area contributed by atoms with Crippen molar-refractivity contribution >= 4 is 44.6 Å². The fraction of sp³-hybridized carbons (Fsp3) is 0.350. The van der Waals surface area contributed by atoms with Crippen LogP contribution in [0.25, 0.3) is 0 Å². The lowest BCUT2D eigenvalue weighted by Gasteiger charge is -2.11. The van der Waals surface area contributed by atoms with Crippen LogP contribution in [-0.4, -0.2) is 32.5 Å². The Kier molecular flexibility index (Phi) is 7.16. The predicted molar refractivity (Wildman–Crippen MR) is 114 cm³/mol. The lowest BCUT2D eigenvalue weighted by Crippen LogP contribution is -2.30. The molecule has 0 aliphatic carbocycles. The average Bonchev–Trinajstić information content (AvgIpc) is 3.12. The molecule has 0 bridgehead atoms. The Bertz CT molecular complexity index is 998. The minimum absolute atomic E-state index is 0.0305. The SMILES string of the molecule is O=C(CCC(=O)c1cccs1)Nc1cccc(S(=O)(=O)NC2=NCCCCC2)c1. The number of amidine groups is 1. The van der Waals surface area contributed by atoms with Crippen molar-refractivity contribution < 1.29 is 18.0 Å². The van der Waals surface area contributed by atoms with Gasteiger partial charge in [-0.1, -0.05) is 18.6 Å². The highest BCUT2D eigenvalue weighted by Crippen LogP contribution is 2.18. The maximum atomic E-state index is 12.6. The number of Topliss-reactive ketones (excluding diaryl/α,β-unsaturated/α-hetero) is 1. The lowest BCUT2D eigenvalue weighted by atomic mass is 10.2. The molecule has 0 fully saturated rings. The predicted octanol–water partition coefficient (Wildman–Crippen LogP) is 3.60. The zero-order valence-corrected chi connectivity index (χ0v) is 17.5. The molecule has 0 atom stereocenters. The molecule has 1 aliphatic heterocycles. The van der Waals surface area contributed by atoms with Gasteiger partial charge in [0.15, 0.2) is 5.78 Å². The van der Waals surface area contributed by atoms with Crippen LogP contribution in [0.1, 0.15) is 48.2 Å². The number of carbonyl (C=O) groups is 2. The van der Waals surface area contributed by atoms with Crippen LogP contribution in [-0.2, 0) is 14.8 Å². The second-order valence-electron chi connectivity index (χ2n) is 6.72. The molecule has 2 N–H and O–H groups in total. The summed E-state index contributed by atoms with van der Waals surface area (Å²) >= 11 is 1.34. The van der Waals surface area contributed by atoms with Crippen LogP contribution < -0.4 is 10.0 Å². The molecule has 1 aromatic carbocycles. The summed E-state index contributed by atoms with van der Waals surface area (Å²) in [6, 6.07) is 9.56. The summed E-state index contributed by atoms with van der Waals surface area (Å²) in [5, 5.41) is 4.47. The van der Waals surface area contributed by atoms with E-state index >= 15 is 0 Å². The molecule has 2 aromatic rings. The molecule has 154 valence electrons. The molecule has 9 heteroatoms. The highest BCUT2D eigenvalue weighted by Gasteiger charge is 2.18. The molecule has 2 heterocycles. The van der Waals surface area contributed by atoms with E-state index in [-0.39, 0.29) is 29.4 Å². The molecule has 0 saturated heterocycles. The Morgan fingerprint density at radius 2 is 1.93 bits per heavy atom. The van der Waals surface area contributed by atoms with Gasteiger partial charge in [0, 0.05) is 31.5 Å². The number of amides is 1. The number of anilines is 1. The maximum absolute atomic E-state index is 12.6. The fourth-order valence-corrected chi connectivity index (χ4v) is 4.75. The molecule has 1 amide bonds. The molecule has 3 rings (SSSR count). The van der Waals surface area contributed by atoms with E-state index in [4.69, 9.17) is 0 Å². The molecule has 0 spiro atoms. The first kappa shape index (κ1) is 21.2. The van der Waals surface area contributed by atoms with Gasteiger partial charge in [-0.25, -0.2) is 8.42 Å². The van der Waals surface area contributed by atoms with Gasteiger partial charge in [0.05, 0.1) is 9.77 Å². The third-order valence-electron chi connectivity index (χ3n) is 4.43. The monoisotopic (exact) mass is 433 g/mol. The van der Waals surface area contributed by atoms with E-state index in [1.54, 1.807) is 24.3 Å². The van der Waals surface area contributed by atoms with Crippen LogP contribution in [0.15, 0.2) is 51.7 Å². The summed E-state index contributed by atoms with van der Waals surface area (Å²) in [5.74, 6) is 0.0504. The molecule has 29 heavy (non-hydrogen) atoms. The Balaban J connectivity index is 1.60. The lowest BCUT2D eigenvalue weighted by molar-refractivity contribution is -0.116. The molecular weight excluding hydrogens is 410 g/mol. The van der Waals surface area contributed by atoms with Crippen molar-refractivity contribution in [1.29, 1.82) is 0 Å². The van der Waals surface area contributed by atoms with Gasteiger partial charge in [-0.15, -0.1) is 11.3 Å². The molecule has 1 aliphatic rings. The first-order valence-corrected chi connectivity index (χ1v) is 11.8. The van der Waals surface area contributed by atoms with Crippen LogP contribution in [0.4, 0.5) is 5.69 Å². The summed E-state index contributed by atoms with van der Waals surface area (Å²) in [6.07, 6.45) is 3.64. The number of nitrogens with one attached hydrogen (secondary N) is 2. The second-order valence-corrected chi connectivity index (χ2v) is 9.35. The van der Waals surface area contributed by atoms with E-state index in [2.05, 4.69) is 15.0 Å². The molecule has 1 aromatic heterocycles. The van der Waals surface area contributed by atoms with Gasteiger partial charge in [-0.2, -0.15) is 0 Å². The number of thiophene rings is 1. The smallest absolute Gasteiger partial charge is 0.262 e. The second kappa shape index (κ2) is 9.80. The summed E-state index contributed by atoms with van der Waals surface area (Å²) in [4.78, 5) is 29.1. The minimum atomic E-state index is -3.77. The van der Waals surface area contributed by atoms with E-state index in [9.17, 15) is 18.0 Å². The molecular formula is C20H23N3O4S2. The highest BCUT2D eigenvalue weighted by atomic mass is 32.2. The van der Waals surface area contributed by atoms with Crippen LogP contribution in [0.2, 0.25) is 0 Å². The number of rotatable bonds is 7. The Labute approximate surface area is 174 Å². The third kappa shape index (κ3) is 6.23. The van der Waals surface area contributed by atoms with Crippen molar-refractivity contribution in [1.82, 2.24) is 4.72 Å². The van der Waals surface area contributed by atoms with Crippen molar-refractivity contribution in [2.75, 3.05) is 11.9 Å². The molecule has 0 unspecified atom stereocenters. The van der Waals surface area contributed by atoms with Crippen LogP contribution in [0.5, 0.6) is 0 Å². The number of nitrogens with zero attached hydrogens (tertiary/aromatic N) is 1. The quantitative estimate of drug-likeness (QED) is 0.651. The van der Waals surface area contributed by atoms with E-state index in [0.717, 1.165) is 19.3 Å². The Morgan fingerprint density at radius 3 is 2.72 bits per heavy atom. The standard InChI is InChI=1S/C20H23N3O4S2/c24-17(18-8-5-13-28-18)10-11-20(25)22-15-6-4-7-16(14-15)29(26,27)23-19-9-2-1-3-12-21-19/h4-8,13-14H,1-3,9-12H2,(H,21,23)(H,22,25). The summed E-state index contributed by atoms with van der Waals surface area (Å²) in [6.45, 7) is 0.623. The molecule has 7 nitrogen and oxygen atoms in total. The van der Waals surface area contributed by atoms with Gasteiger partial charge >= 0.3 is 0 Å². The zero-order valence-electron chi connectivity index (χ0n) is 15.9. The normalized spacial score (nSPS) is 14.6. The number of aliphatic imine (C=N–C) groups is 1. The van der Waals surface area contributed by atoms with Gasteiger partial charge in [-0.3, -0.25) is 19.3 Å². The number of benzene rings is 1. The van der Waals surface area contributed by atoms with Crippen molar-refractivity contribution in [2.45, 2.75) is 43.4 Å². The van der Waals surface area contributed by atoms with Crippen LogP contribution >= 0.6 is 11.3 Å². The summed E-state index contributed by atoms with van der Waals surface area (Å²) in [5.41, 5.74) is 0.365. The van der Waals surface area contributed by atoms with Gasteiger partial charge in [0.1, 0.15) is 5.84 Å². The van der Waals surface area contributed by atoms with E-state index < -0.39 is 10.0 Å². The minimum Gasteiger partial charge on any atom is -0.326 e. The molecule has 0 saturated carbocycles. The number of hydrogen-bond acceptors (Lipinski definition) is 6. The average molecular weight is 434 g/mol. The summed E-state index contributed by atoms with van der Waals surface area (Å²) < 4.78 is 27.9. The first-order chi connectivity index (χ1) is 13.9. The number of ketones is 1. The van der Waals surface area contributed by atoms with E-state index in [0.29, 0.717) is 29.4 Å². The fourth-order valence-electron chi connectivity index (χ4n) is 2.92. The molecule has 0 radical (unpaired) electrons. The number of sulfonamides is 1. The topological polar surface area (TPSA) is 105 Å². The highest BCUT2D eigenvalue weighted by molar-refractivity contribution is 7.90. The van der Waals surface area contributed by atoms with E-state index in [1.807, 2.05) is 5.38 Å². The van der Waals surface area contributed by atoms with Crippen molar-refractivity contribution in [2.24, 2.45) is 4.99 Å². The Hall–Kier alpha value is -2.52. The maximum Gasteiger partial charge on any atom is 0.262 e. The first-order valence-electron chi connectivity index (χ1n) is 9.47. The van der Waals surface area contributed by atoms with Crippen molar-refractivity contribution in [3.05, 3.63) is 46.7 Å². The number of hydrogen-bond donors (Lipinski definition) is 2. The van der Waals surface area contributed by atoms with Gasteiger partial charge in [0.2, 0.25) is 5.91 Å². The van der Waals surface area contributed by atoms with Gasteiger partial charge in [-0.05, 0) is 42.5 Å². The summed E-state index contributed by atoms with van der Waals surface area (Å²) in [7, 11) is -3.77. The number of carbonyl (C=O) groups excluding carboxylic acids is 2. The van der Waals surface area contributed by atoms with E-state index in [1.165, 1.54) is 23.5 Å². The van der Waals surface area contributed by atoms with Crippen LogP contribution in [0.3, 0.4) is 0 Å². The zero-order chi connectivity index (χ0) is 20.7. The third-order valence-corrected chi connectivity index (χ3v) is 6.72. The van der Waals surface area contributed by atoms with Crippen LogP contribution in [0, 0.1) is 0 Å².